The number of alkyl halides is 3. The molecule has 90 valence electrons. The zero-order valence-corrected chi connectivity index (χ0v) is 8.08. The Balaban J connectivity index is 3.14. The van der Waals surface area contributed by atoms with Gasteiger partial charge in [-0.05, 0) is 0 Å². The van der Waals surface area contributed by atoms with E-state index in [9.17, 15) is 13.2 Å². The summed E-state index contributed by atoms with van der Waals surface area (Å²) in [6.07, 6.45) is -4.03. The van der Waals surface area contributed by atoms with Gasteiger partial charge >= 0.3 is 6.36 Å². The first kappa shape index (κ1) is 12.5. The van der Waals surface area contributed by atoms with E-state index < -0.39 is 18.7 Å². The molecule has 1 heterocycles. The molecule has 0 unspecified atom stereocenters. The molecule has 1 rings (SSSR count). The largest absolute Gasteiger partial charge is 0.573 e. The van der Waals surface area contributed by atoms with Crippen molar-refractivity contribution >= 4 is 5.69 Å². The topological polar surface area (TPSA) is 94.4 Å². The van der Waals surface area contributed by atoms with Crippen molar-refractivity contribution in [2.45, 2.75) is 19.5 Å². The minimum Gasteiger partial charge on any atom is -0.402 e. The maximum absolute atomic E-state index is 11.9. The number of rotatable bonds is 3. The molecule has 0 saturated heterocycles. The van der Waals surface area contributed by atoms with Crippen LogP contribution in [0.3, 0.4) is 0 Å². The summed E-state index contributed by atoms with van der Waals surface area (Å²) in [5.41, 5.74) is 10.6. The predicted octanol–water partition coefficient (Wildman–Crippen LogP) is 0.513. The third-order valence-electron chi connectivity index (χ3n) is 1.85. The van der Waals surface area contributed by atoms with Gasteiger partial charge in [-0.1, -0.05) is 0 Å². The van der Waals surface area contributed by atoms with Gasteiger partial charge in [-0.15, -0.1) is 13.2 Å². The highest BCUT2D eigenvalue weighted by Crippen LogP contribution is 2.31. The van der Waals surface area contributed by atoms with Crippen molar-refractivity contribution in [2.75, 3.05) is 5.73 Å². The smallest absolute Gasteiger partial charge is 0.402 e. The van der Waals surface area contributed by atoms with Crippen molar-refractivity contribution in [2.24, 2.45) is 5.73 Å². The second-order valence-electron chi connectivity index (χ2n) is 2.87. The summed E-state index contributed by atoms with van der Waals surface area (Å²) in [7, 11) is 0. The van der Waals surface area contributed by atoms with Crippen molar-refractivity contribution in [3.63, 3.8) is 0 Å². The number of hydrogen-bond donors (Lipinski definition) is 3. The van der Waals surface area contributed by atoms with Gasteiger partial charge in [-0.3, -0.25) is 4.98 Å². The maximum Gasteiger partial charge on any atom is 0.573 e. The van der Waals surface area contributed by atoms with Crippen molar-refractivity contribution in [3.8, 4) is 5.75 Å². The molecule has 0 aliphatic heterocycles. The van der Waals surface area contributed by atoms with E-state index in [2.05, 4.69) is 9.72 Å². The number of halogens is 3. The van der Waals surface area contributed by atoms with E-state index in [1.54, 1.807) is 0 Å². The molecule has 1 aromatic heterocycles. The molecule has 5 nitrogen and oxygen atoms in total. The van der Waals surface area contributed by atoms with Crippen molar-refractivity contribution in [1.82, 2.24) is 4.98 Å². The van der Waals surface area contributed by atoms with Gasteiger partial charge in [0.2, 0.25) is 0 Å². The lowest BCUT2D eigenvalue weighted by Gasteiger charge is -2.14. The Morgan fingerprint density at radius 3 is 2.50 bits per heavy atom. The summed E-state index contributed by atoms with van der Waals surface area (Å²) >= 11 is 0. The third kappa shape index (κ3) is 2.74. The molecule has 0 aromatic carbocycles. The maximum atomic E-state index is 11.9. The van der Waals surface area contributed by atoms with Gasteiger partial charge in [0.05, 0.1) is 24.2 Å². The first-order valence-electron chi connectivity index (χ1n) is 4.22. The first-order valence-corrected chi connectivity index (χ1v) is 4.22. The highest BCUT2D eigenvalue weighted by atomic mass is 19.4. The van der Waals surface area contributed by atoms with Crippen LogP contribution in [0.5, 0.6) is 5.75 Å². The fourth-order valence-electron chi connectivity index (χ4n) is 1.15. The van der Waals surface area contributed by atoms with Crippen LogP contribution in [0.1, 0.15) is 11.3 Å². The van der Waals surface area contributed by atoms with Gasteiger partial charge in [0, 0.05) is 12.1 Å². The number of pyridine rings is 1. The summed E-state index contributed by atoms with van der Waals surface area (Å²) in [5, 5.41) is 8.94. The molecule has 0 saturated carbocycles. The Morgan fingerprint density at radius 1 is 1.44 bits per heavy atom. The van der Waals surface area contributed by atoms with Gasteiger partial charge in [0.15, 0.2) is 5.75 Å². The minimum atomic E-state index is -4.85. The molecule has 0 amide bonds. The Hall–Kier alpha value is -1.54. The Bertz CT molecular complexity index is 382. The van der Waals surface area contributed by atoms with E-state index in [1.807, 2.05) is 0 Å². The summed E-state index contributed by atoms with van der Waals surface area (Å²) in [6, 6.07) is 0. The molecule has 5 N–H and O–H groups in total. The van der Waals surface area contributed by atoms with Crippen LogP contribution in [0.15, 0.2) is 6.20 Å². The van der Waals surface area contributed by atoms with E-state index in [0.29, 0.717) is 0 Å². The average Bonchev–Trinajstić information content (AvgIpc) is 2.19. The number of nitrogens with two attached hydrogens (primary N) is 2. The molecule has 0 atom stereocenters. The molecule has 0 aliphatic rings. The lowest BCUT2D eigenvalue weighted by atomic mass is 10.1. The van der Waals surface area contributed by atoms with Gasteiger partial charge in [-0.2, -0.15) is 0 Å². The molecule has 1 aromatic rings. The summed E-state index contributed by atoms with van der Waals surface area (Å²) in [4.78, 5) is 3.62. The van der Waals surface area contributed by atoms with Crippen LogP contribution < -0.4 is 16.2 Å². The number of nitrogens with zero attached hydrogens (tertiary/aromatic N) is 1. The lowest BCUT2D eigenvalue weighted by Crippen LogP contribution is -2.19. The Kier molecular flexibility index (Phi) is 3.55. The number of ether oxygens (including phenoxy) is 1. The summed E-state index contributed by atoms with van der Waals surface area (Å²) in [5.74, 6) is -0.645. The van der Waals surface area contributed by atoms with Crippen LogP contribution in [0.2, 0.25) is 0 Å². The van der Waals surface area contributed by atoms with E-state index in [0.717, 1.165) is 6.20 Å². The number of anilines is 1. The SMILES string of the molecule is NCc1ncc(OC(F)(F)F)c(N)c1CO. The van der Waals surface area contributed by atoms with Crippen molar-refractivity contribution in [1.29, 1.82) is 0 Å². The normalized spacial score (nSPS) is 11.6. The van der Waals surface area contributed by atoms with Gasteiger partial charge in [0.1, 0.15) is 0 Å². The predicted molar refractivity (Wildman–Crippen MR) is 49.1 cm³/mol. The number of hydrogen-bond acceptors (Lipinski definition) is 5. The molecule has 0 aliphatic carbocycles. The van der Waals surface area contributed by atoms with E-state index in [4.69, 9.17) is 16.6 Å². The zero-order chi connectivity index (χ0) is 12.3. The zero-order valence-electron chi connectivity index (χ0n) is 8.08. The van der Waals surface area contributed by atoms with Crippen molar-refractivity contribution in [3.05, 3.63) is 17.5 Å². The Morgan fingerprint density at radius 2 is 2.06 bits per heavy atom. The molecule has 0 spiro atoms. The van der Waals surface area contributed by atoms with Crippen LogP contribution in [0.4, 0.5) is 18.9 Å². The molecule has 0 fully saturated rings. The number of aliphatic hydroxyl groups is 1. The third-order valence-corrected chi connectivity index (χ3v) is 1.85. The van der Waals surface area contributed by atoms with Crippen LogP contribution in [0.25, 0.3) is 0 Å². The van der Waals surface area contributed by atoms with Crippen LogP contribution in [-0.4, -0.2) is 16.5 Å². The summed E-state index contributed by atoms with van der Waals surface area (Å²) < 4.78 is 39.5. The number of aliphatic hydroxyl groups excluding tert-OH is 1. The van der Waals surface area contributed by atoms with Crippen molar-refractivity contribution < 1.29 is 23.0 Å². The highest BCUT2D eigenvalue weighted by Gasteiger charge is 2.32. The fourth-order valence-corrected chi connectivity index (χ4v) is 1.15. The van der Waals surface area contributed by atoms with E-state index in [-0.39, 0.29) is 23.5 Å². The molecule has 8 heteroatoms. The molecule has 0 radical (unpaired) electrons. The molecular weight excluding hydrogens is 227 g/mol. The van der Waals surface area contributed by atoms with E-state index >= 15 is 0 Å². The van der Waals surface area contributed by atoms with Crippen LogP contribution >= 0.6 is 0 Å². The van der Waals surface area contributed by atoms with Crippen LogP contribution in [0, 0.1) is 0 Å². The quantitative estimate of drug-likeness (QED) is 0.712. The van der Waals surface area contributed by atoms with E-state index in [1.165, 1.54) is 0 Å². The Labute approximate surface area is 88.8 Å². The monoisotopic (exact) mass is 237 g/mol. The lowest BCUT2D eigenvalue weighted by molar-refractivity contribution is -0.274. The fraction of sp³-hybridized carbons (Fsp3) is 0.375. The highest BCUT2D eigenvalue weighted by molar-refractivity contribution is 5.58. The molecule has 16 heavy (non-hydrogen) atoms. The van der Waals surface area contributed by atoms with Gasteiger partial charge in [-0.25, -0.2) is 0 Å². The molecule has 0 bridgehead atoms. The second kappa shape index (κ2) is 4.54. The molecular formula is C8H10F3N3O2. The number of aromatic nitrogens is 1. The first-order chi connectivity index (χ1) is 7.39. The average molecular weight is 237 g/mol. The number of nitrogen functional groups attached to an aromatic ring is 1. The van der Waals surface area contributed by atoms with Crippen LogP contribution in [-0.2, 0) is 13.2 Å². The van der Waals surface area contributed by atoms with Gasteiger partial charge in [0.25, 0.3) is 0 Å². The standard InChI is InChI=1S/C8H10F3N3O2/c9-8(10,11)16-6-2-14-5(1-12)4(3-15)7(6)13/h2,15H,1,3,12H2,(H2,13,14). The second-order valence-corrected chi connectivity index (χ2v) is 2.87. The minimum absolute atomic E-state index is 0.0353. The van der Waals surface area contributed by atoms with Gasteiger partial charge < -0.3 is 21.3 Å². The summed E-state index contributed by atoms with van der Waals surface area (Å²) in [6.45, 7) is -0.590.